The summed E-state index contributed by atoms with van der Waals surface area (Å²) in [5.74, 6) is 4.14. The van der Waals surface area contributed by atoms with Crippen molar-refractivity contribution in [1.29, 1.82) is 0 Å². The molecule has 1 aromatic carbocycles. The molecule has 2 heterocycles. The molecule has 2 aliphatic rings. The molecule has 0 N–H and O–H groups in total. The van der Waals surface area contributed by atoms with Crippen molar-refractivity contribution in [3.05, 3.63) is 18.5 Å². The molecule has 0 bridgehead atoms. The van der Waals surface area contributed by atoms with Gasteiger partial charge in [0, 0.05) is 24.5 Å². The summed E-state index contributed by atoms with van der Waals surface area (Å²) >= 11 is 0. The molecule has 2 fully saturated rings. The molecule has 1 aliphatic carbocycles. The predicted molar refractivity (Wildman–Crippen MR) is 85.7 cm³/mol. The molecule has 1 saturated heterocycles. The fourth-order valence-corrected chi connectivity index (χ4v) is 4.03. The molecule has 5 heteroatoms. The third-order valence-electron chi connectivity index (χ3n) is 5.15. The van der Waals surface area contributed by atoms with Gasteiger partial charge in [0.25, 0.3) is 0 Å². The maximum atomic E-state index is 5.44. The van der Waals surface area contributed by atoms with Crippen LogP contribution in [0, 0.1) is 11.8 Å². The van der Waals surface area contributed by atoms with Gasteiger partial charge in [0.15, 0.2) is 11.5 Å². The summed E-state index contributed by atoms with van der Waals surface area (Å²) in [6.07, 6.45) is 5.76. The second-order valence-corrected chi connectivity index (χ2v) is 6.28. The van der Waals surface area contributed by atoms with Gasteiger partial charge in [-0.2, -0.15) is 0 Å². The van der Waals surface area contributed by atoms with E-state index in [-0.39, 0.29) is 0 Å². The first-order chi connectivity index (χ1) is 10.8. The smallest absolute Gasteiger partial charge is 0.162 e. The maximum Gasteiger partial charge on any atom is 0.162 e. The van der Waals surface area contributed by atoms with Gasteiger partial charge >= 0.3 is 0 Å². The van der Waals surface area contributed by atoms with Gasteiger partial charge in [0.1, 0.15) is 12.1 Å². The standard InChI is InChI=1S/C17H21N3O2/c1-21-15-6-13-14(7-16(15)22-2)18-10-19-17(13)20-8-11-4-3-5-12(11)9-20/h6-7,10-12H,3-5,8-9H2,1-2H3. The maximum absolute atomic E-state index is 5.44. The first-order valence-electron chi connectivity index (χ1n) is 7.92. The summed E-state index contributed by atoms with van der Waals surface area (Å²) in [6, 6.07) is 3.92. The van der Waals surface area contributed by atoms with Crippen LogP contribution >= 0.6 is 0 Å². The Balaban J connectivity index is 1.77. The Morgan fingerprint density at radius 1 is 1.00 bits per heavy atom. The van der Waals surface area contributed by atoms with Crippen molar-refractivity contribution in [2.75, 3.05) is 32.2 Å². The van der Waals surface area contributed by atoms with Crippen molar-refractivity contribution < 1.29 is 9.47 Å². The monoisotopic (exact) mass is 299 g/mol. The first kappa shape index (κ1) is 13.6. The molecule has 116 valence electrons. The topological polar surface area (TPSA) is 47.5 Å². The predicted octanol–water partition coefficient (Wildman–Crippen LogP) is 2.88. The van der Waals surface area contributed by atoms with Crippen molar-refractivity contribution in [3.8, 4) is 11.5 Å². The van der Waals surface area contributed by atoms with Crippen LogP contribution in [0.2, 0.25) is 0 Å². The number of methoxy groups -OCH3 is 2. The summed E-state index contributed by atoms with van der Waals surface area (Å²) in [5.41, 5.74) is 0.903. The summed E-state index contributed by atoms with van der Waals surface area (Å²) in [7, 11) is 3.31. The van der Waals surface area contributed by atoms with Gasteiger partial charge in [0.05, 0.1) is 19.7 Å². The zero-order chi connectivity index (χ0) is 15.1. The Labute approximate surface area is 130 Å². The normalized spacial score (nSPS) is 23.8. The molecular formula is C17H21N3O2. The third-order valence-corrected chi connectivity index (χ3v) is 5.15. The number of nitrogens with zero attached hydrogens (tertiary/aromatic N) is 3. The molecular weight excluding hydrogens is 278 g/mol. The van der Waals surface area contributed by atoms with Crippen LogP contribution in [0.5, 0.6) is 11.5 Å². The number of hydrogen-bond donors (Lipinski definition) is 0. The average Bonchev–Trinajstić information content (AvgIpc) is 3.14. The van der Waals surface area contributed by atoms with Crippen molar-refractivity contribution in [1.82, 2.24) is 9.97 Å². The molecule has 1 aliphatic heterocycles. The molecule has 1 saturated carbocycles. The van der Waals surface area contributed by atoms with Gasteiger partial charge in [-0.15, -0.1) is 0 Å². The molecule has 0 radical (unpaired) electrons. The minimum absolute atomic E-state index is 0.706. The lowest BCUT2D eigenvalue weighted by Gasteiger charge is -2.20. The first-order valence-corrected chi connectivity index (χ1v) is 7.92. The fraction of sp³-hybridized carbons (Fsp3) is 0.529. The Kier molecular flexibility index (Phi) is 3.28. The number of hydrogen-bond acceptors (Lipinski definition) is 5. The third kappa shape index (κ3) is 2.07. The molecule has 2 unspecified atom stereocenters. The molecule has 0 spiro atoms. The largest absolute Gasteiger partial charge is 0.493 e. The lowest BCUT2D eigenvalue weighted by molar-refractivity contribution is 0.356. The van der Waals surface area contributed by atoms with E-state index in [4.69, 9.17) is 9.47 Å². The Hall–Kier alpha value is -2.04. The van der Waals surface area contributed by atoms with Gasteiger partial charge < -0.3 is 14.4 Å². The molecule has 2 atom stereocenters. The Morgan fingerprint density at radius 3 is 2.36 bits per heavy atom. The quantitative estimate of drug-likeness (QED) is 0.872. The zero-order valence-corrected chi connectivity index (χ0v) is 13.1. The highest BCUT2D eigenvalue weighted by Crippen LogP contribution is 2.41. The van der Waals surface area contributed by atoms with Crippen LogP contribution in [0.1, 0.15) is 19.3 Å². The van der Waals surface area contributed by atoms with Crippen LogP contribution in [-0.2, 0) is 0 Å². The van der Waals surface area contributed by atoms with Crippen LogP contribution in [-0.4, -0.2) is 37.3 Å². The fourth-order valence-electron chi connectivity index (χ4n) is 4.03. The van der Waals surface area contributed by atoms with E-state index in [0.29, 0.717) is 5.75 Å². The van der Waals surface area contributed by atoms with Gasteiger partial charge in [0.2, 0.25) is 0 Å². The van der Waals surface area contributed by atoms with E-state index in [1.54, 1.807) is 20.5 Å². The minimum atomic E-state index is 0.706. The number of aromatic nitrogens is 2. The van der Waals surface area contributed by atoms with Gasteiger partial charge in [-0.1, -0.05) is 6.42 Å². The van der Waals surface area contributed by atoms with Crippen LogP contribution in [0.15, 0.2) is 18.5 Å². The van der Waals surface area contributed by atoms with Crippen LogP contribution < -0.4 is 14.4 Å². The molecule has 2 aromatic rings. The number of benzene rings is 1. The Bertz CT molecular complexity index is 692. The summed E-state index contributed by atoms with van der Waals surface area (Å²) in [4.78, 5) is 11.4. The van der Waals surface area contributed by atoms with E-state index in [1.807, 2.05) is 12.1 Å². The van der Waals surface area contributed by atoms with Gasteiger partial charge in [-0.3, -0.25) is 0 Å². The van der Waals surface area contributed by atoms with Crippen LogP contribution in [0.25, 0.3) is 10.9 Å². The lowest BCUT2D eigenvalue weighted by Crippen LogP contribution is -2.22. The lowest BCUT2D eigenvalue weighted by atomic mass is 10.0. The van der Waals surface area contributed by atoms with Crippen LogP contribution in [0.3, 0.4) is 0 Å². The summed E-state index contributed by atoms with van der Waals surface area (Å²) in [6.45, 7) is 2.23. The summed E-state index contributed by atoms with van der Waals surface area (Å²) < 4.78 is 10.8. The highest BCUT2D eigenvalue weighted by atomic mass is 16.5. The molecule has 5 nitrogen and oxygen atoms in total. The van der Waals surface area contributed by atoms with Crippen LogP contribution in [0.4, 0.5) is 5.82 Å². The van der Waals surface area contributed by atoms with E-state index in [1.165, 1.54) is 19.3 Å². The molecule has 0 amide bonds. The van der Waals surface area contributed by atoms with E-state index < -0.39 is 0 Å². The van der Waals surface area contributed by atoms with Crippen molar-refractivity contribution >= 4 is 16.7 Å². The SMILES string of the molecule is COc1cc2ncnc(N3CC4CCCC4C3)c2cc1OC. The van der Waals surface area contributed by atoms with E-state index in [9.17, 15) is 0 Å². The number of rotatable bonds is 3. The van der Waals surface area contributed by atoms with Gasteiger partial charge in [-0.05, 0) is 30.7 Å². The second-order valence-electron chi connectivity index (χ2n) is 6.28. The molecule has 4 rings (SSSR count). The highest BCUT2D eigenvalue weighted by molar-refractivity contribution is 5.92. The number of ether oxygens (including phenoxy) is 2. The minimum Gasteiger partial charge on any atom is -0.493 e. The second kappa shape index (κ2) is 5.30. The van der Waals surface area contributed by atoms with E-state index in [2.05, 4.69) is 14.9 Å². The highest BCUT2D eigenvalue weighted by Gasteiger charge is 2.37. The average molecular weight is 299 g/mol. The van der Waals surface area contributed by atoms with E-state index in [0.717, 1.165) is 47.4 Å². The molecule has 1 aromatic heterocycles. The van der Waals surface area contributed by atoms with Crippen molar-refractivity contribution in [3.63, 3.8) is 0 Å². The summed E-state index contributed by atoms with van der Waals surface area (Å²) in [5, 5.41) is 1.04. The Morgan fingerprint density at radius 2 is 1.68 bits per heavy atom. The zero-order valence-electron chi connectivity index (χ0n) is 13.1. The molecule has 22 heavy (non-hydrogen) atoms. The van der Waals surface area contributed by atoms with E-state index >= 15 is 0 Å². The van der Waals surface area contributed by atoms with Gasteiger partial charge in [-0.25, -0.2) is 9.97 Å². The van der Waals surface area contributed by atoms with Crippen molar-refractivity contribution in [2.45, 2.75) is 19.3 Å². The number of anilines is 1. The van der Waals surface area contributed by atoms with Crippen molar-refractivity contribution in [2.24, 2.45) is 11.8 Å². The number of fused-ring (bicyclic) bond motifs is 2.